The van der Waals surface area contributed by atoms with Crippen molar-refractivity contribution in [2.75, 3.05) is 20.6 Å². The second-order valence-corrected chi connectivity index (χ2v) is 5.97. The van der Waals surface area contributed by atoms with E-state index in [0.717, 1.165) is 16.7 Å². The van der Waals surface area contributed by atoms with Gasteiger partial charge in [0.05, 0.1) is 17.2 Å². The molecule has 0 aliphatic rings. The van der Waals surface area contributed by atoms with E-state index >= 15 is 0 Å². The topological polar surface area (TPSA) is 51.0 Å². The lowest BCUT2D eigenvalue weighted by Crippen LogP contribution is -2.21. The van der Waals surface area contributed by atoms with Crippen molar-refractivity contribution in [2.45, 2.75) is 19.4 Å². The zero-order valence-corrected chi connectivity index (χ0v) is 13.9. The van der Waals surface area contributed by atoms with E-state index < -0.39 is 0 Å². The van der Waals surface area contributed by atoms with Crippen LogP contribution >= 0.6 is 15.9 Å². The van der Waals surface area contributed by atoms with E-state index in [1.807, 2.05) is 32.3 Å². The molecule has 0 saturated carbocycles. The van der Waals surface area contributed by atoms with E-state index in [9.17, 15) is 4.79 Å². The number of carbonyl (C=O) groups excluding carboxylic acids is 1. The molecule has 2 aromatic heterocycles. The smallest absolute Gasteiger partial charge is 0.182 e. The zero-order chi connectivity index (χ0) is 15.2. The first kappa shape index (κ1) is 15.9. The Balaban J connectivity index is 2.03. The van der Waals surface area contributed by atoms with Crippen molar-refractivity contribution in [3.05, 3.63) is 46.5 Å². The number of Topliss-reactive ketones (excluding diaryl/α,β-unsaturated/α-hetero) is 1. The Kier molecular flexibility index (Phi) is 5.64. The first-order valence-electron chi connectivity index (χ1n) is 6.87. The predicted octanol–water partition coefficient (Wildman–Crippen LogP) is 2.42. The predicted molar refractivity (Wildman–Crippen MR) is 85.4 cm³/mol. The number of nitrogens with zero attached hydrogens (tertiary/aromatic N) is 4. The largest absolute Gasteiger partial charge is 0.308 e. The van der Waals surface area contributed by atoms with Gasteiger partial charge in [-0.25, -0.2) is 0 Å². The highest BCUT2D eigenvalue weighted by Crippen LogP contribution is 2.18. The molecular weight excluding hydrogens is 332 g/mol. The molecule has 0 unspecified atom stereocenters. The maximum atomic E-state index is 12.4. The standard InChI is InChI=1S/C15H19BrN4O/c1-19(2)9-10-20-15(13(16)11-18-20)14(21)7-6-12-5-3-4-8-17-12/h3-5,8,11H,6-7,9-10H2,1-2H3. The Labute approximate surface area is 133 Å². The summed E-state index contributed by atoms with van der Waals surface area (Å²) in [4.78, 5) is 18.7. The second-order valence-electron chi connectivity index (χ2n) is 5.11. The minimum absolute atomic E-state index is 0.0868. The Morgan fingerprint density at radius 3 is 2.86 bits per heavy atom. The van der Waals surface area contributed by atoms with Crippen LogP contribution in [0.1, 0.15) is 22.6 Å². The molecule has 112 valence electrons. The molecule has 2 aromatic rings. The number of aromatic nitrogens is 3. The van der Waals surface area contributed by atoms with Gasteiger partial charge in [0.15, 0.2) is 5.78 Å². The van der Waals surface area contributed by atoms with Gasteiger partial charge in [0.25, 0.3) is 0 Å². The molecule has 0 N–H and O–H groups in total. The van der Waals surface area contributed by atoms with E-state index in [4.69, 9.17) is 0 Å². The number of hydrogen-bond acceptors (Lipinski definition) is 4. The zero-order valence-electron chi connectivity index (χ0n) is 12.3. The van der Waals surface area contributed by atoms with Crippen molar-refractivity contribution >= 4 is 21.7 Å². The van der Waals surface area contributed by atoms with Gasteiger partial charge in [0.2, 0.25) is 0 Å². The second kappa shape index (κ2) is 7.47. The number of halogens is 1. The fourth-order valence-electron chi connectivity index (χ4n) is 2.01. The van der Waals surface area contributed by atoms with Crippen LogP contribution in [0.15, 0.2) is 35.1 Å². The maximum absolute atomic E-state index is 12.4. The summed E-state index contributed by atoms with van der Waals surface area (Å²) >= 11 is 3.42. The molecule has 2 rings (SSSR count). The molecule has 0 aliphatic heterocycles. The first-order valence-corrected chi connectivity index (χ1v) is 7.66. The molecule has 2 heterocycles. The van der Waals surface area contributed by atoms with Gasteiger partial charge in [-0.3, -0.25) is 14.5 Å². The summed E-state index contributed by atoms with van der Waals surface area (Å²) in [5.74, 6) is 0.0868. The summed E-state index contributed by atoms with van der Waals surface area (Å²) in [6, 6.07) is 5.74. The number of hydrogen-bond donors (Lipinski definition) is 0. The Morgan fingerprint density at radius 2 is 2.19 bits per heavy atom. The third-order valence-corrected chi connectivity index (χ3v) is 3.73. The van der Waals surface area contributed by atoms with Crippen LogP contribution in [0.3, 0.4) is 0 Å². The molecule has 21 heavy (non-hydrogen) atoms. The van der Waals surface area contributed by atoms with E-state index in [0.29, 0.717) is 25.1 Å². The SMILES string of the molecule is CN(C)CCn1ncc(Br)c1C(=O)CCc1ccccn1. The normalized spacial score (nSPS) is 11.0. The van der Waals surface area contributed by atoms with Crippen LogP contribution < -0.4 is 0 Å². The van der Waals surface area contributed by atoms with Crippen LogP contribution in [-0.4, -0.2) is 46.1 Å². The lowest BCUT2D eigenvalue weighted by Gasteiger charge is -2.11. The van der Waals surface area contributed by atoms with Crippen molar-refractivity contribution < 1.29 is 4.79 Å². The molecule has 0 radical (unpaired) electrons. The number of pyridine rings is 1. The first-order chi connectivity index (χ1) is 10.1. The number of likely N-dealkylation sites (N-methyl/N-ethyl adjacent to an activating group) is 1. The summed E-state index contributed by atoms with van der Waals surface area (Å²) in [6.45, 7) is 1.54. The summed E-state index contributed by atoms with van der Waals surface area (Å²) in [5, 5.41) is 4.27. The van der Waals surface area contributed by atoms with Gasteiger partial charge in [-0.1, -0.05) is 6.07 Å². The molecule has 0 saturated heterocycles. The molecule has 0 aliphatic carbocycles. The summed E-state index contributed by atoms with van der Waals surface area (Å²) < 4.78 is 2.53. The van der Waals surface area contributed by atoms with E-state index in [2.05, 4.69) is 30.9 Å². The quantitative estimate of drug-likeness (QED) is 0.719. The van der Waals surface area contributed by atoms with Crippen LogP contribution in [0.25, 0.3) is 0 Å². The molecule has 0 fully saturated rings. The highest BCUT2D eigenvalue weighted by Gasteiger charge is 2.17. The van der Waals surface area contributed by atoms with Gasteiger partial charge < -0.3 is 4.90 Å². The van der Waals surface area contributed by atoms with Crippen molar-refractivity contribution in [2.24, 2.45) is 0 Å². The van der Waals surface area contributed by atoms with Crippen LogP contribution in [0.5, 0.6) is 0 Å². The average Bonchev–Trinajstić information content (AvgIpc) is 2.85. The summed E-state index contributed by atoms with van der Waals surface area (Å²) in [7, 11) is 4.00. The Bertz CT molecular complexity index is 595. The van der Waals surface area contributed by atoms with Crippen LogP contribution in [0, 0.1) is 0 Å². The van der Waals surface area contributed by atoms with E-state index in [1.54, 1.807) is 17.1 Å². The molecular formula is C15H19BrN4O. The lowest BCUT2D eigenvalue weighted by atomic mass is 10.1. The van der Waals surface area contributed by atoms with Crippen molar-refractivity contribution in [1.82, 2.24) is 19.7 Å². The number of aryl methyl sites for hydroxylation is 1. The minimum Gasteiger partial charge on any atom is -0.308 e. The molecule has 0 aromatic carbocycles. The van der Waals surface area contributed by atoms with Gasteiger partial charge in [-0.05, 0) is 48.6 Å². The Hall–Kier alpha value is -1.53. The molecule has 6 heteroatoms. The lowest BCUT2D eigenvalue weighted by molar-refractivity contribution is 0.0970. The number of ketones is 1. The monoisotopic (exact) mass is 350 g/mol. The number of rotatable bonds is 7. The molecule has 0 amide bonds. The van der Waals surface area contributed by atoms with Gasteiger partial charge in [0.1, 0.15) is 5.69 Å². The third kappa shape index (κ3) is 4.47. The minimum atomic E-state index is 0.0868. The van der Waals surface area contributed by atoms with Crippen molar-refractivity contribution in [3.63, 3.8) is 0 Å². The van der Waals surface area contributed by atoms with Crippen LogP contribution in [-0.2, 0) is 13.0 Å². The highest BCUT2D eigenvalue weighted by molar-refractivity contribution is 9.10. The molecule has 5 nitrogen and oxygen atoms in total. The van der Waals surface area contributed by atoms with Crippen molar-refractivity contribution in [3.8, 4) is 0 Å². The Morgan fingerprint density at radius 1 is 1.38 bits per heavy atom. The van der Waals surface area contributed by atoms with E-state index in [1.165, 1.54) is 0 Å². The molecule has 0 spiro atoms. The van der Waals surface area contributed by atoms with Crippen molar-refractivity contribution in [1.29, 1.82) is 0 Å². The fourth-order valence-corrected chi connectivity index (χ4v) is 2.53. The fraction of sp³-hybridized carbons (Fsp3) is 0.400. The van der Waals surface area contributed by atoms with E-state index in [-0.39, 0.29) is 5.78 Å². The van der Waals surface area contributed by atoms with Gasteiger partial charge >= 0.3 is 0 Å². The van der Waals surface area contributed by atoms with Gasteiger partial charge in [-0.15, -0.1) is 0 Å². The van der Waals surface area contributed by atoms with Crippen LogP contribution in [0.4, 0.5) is 0 Å². The third-order valence-electron chi connectivity index (χ3n) is 3.15. The summed E-state index contributed by atoms with van der Waals surface area (Å²) in [6.07, 6.45) is 4.51. The molecule has 0 atom stereocenters. The number of carbonyl (C=O) groups is 1. The van der Waals surface area contributed by atoms with Gasteiger partial charge in [0, 0.05) is 24.9 Å². The average molecular weight is 351 g/mol. The van der Waals surface area contributed by atoms with Gasteiger partial charge in [-0.2, -0.15) is 5.10 Å². The molecule has 0 bridgehead atoms. The highest BCUT2D eigenvalue weighted by atomic mass is 79.9. The summed E-state index contributed by atoms with van der Waals surface area (Å²) in [5.41, 5.74) is 1.58. The van der Waals surface area contributed by atoms with Crippen LogP contribution in [0.2, 0.25) is 0 Å². The maximum Gasteiger partial charge on any atom is 0.182 e.